The maximum atomic E-state index is 13.8. The van der Waals surface area contributed by atoms with Crippen LogP contribution in [0.25, 0.3) is 6.08 Å². The van der Waals surface area contributed by atoms with Gasteiger partial charge in [0.25, 0.3) is 11.8 Å². The summed E-state index contributed by atoms with van der Waals surface area (Å²) >= 11 is 1.36. The molecule has 252 valence electrons. The van der Waals surface area contributed by atoms with Crippen LogP contribution in [0.1, 0.15) is 32.3 Å². The molecule has 0 saturated carbocycles. The second-order valence-electron chi connectivity index (χ2n) is 11.6. The summed E-state index contributed by atoms with van der Waals surface area (Å²) in [5, 5.41) is 8.17. The van der Waals surface area contributed by atoms with Crippen LogP contribution in [0.4, 0.5) is 11.4 Å². The Bertz CT molecular complexity index is 2140. The summed E-state index contributed by atoms with van der Waals surface area (Å²) in [5.41, 5.74) is 4.25. The monoisotopic (exact) mass is 689 g/mol. The summed E-state index contributed by atoms with van der Waals surface area (Å²) in [5.74, 6) is 0.295. The highest BCUT2D eigenvalue weighted by Gasteiger charge is 2.23. The van der Waals surface area contributed by atoms with E-state index in [0.29, 0.717) is 22.7 Å². The summed E-state index contributed by atoms with van der Waals surface area (Å²) < 4.78 is 5.89. The normalized spacial score (nSPS) is 11.6. The number of nitrogens with one attached hydrogen (secondary N) is 3. The number of hydrogen-bond donors (Lipinski definition) is 3. The highest BCUT2D eigenvalue weighted by Crippen LogP contribution is 2.37. The fourth-order valence-corrected chi connectivity index (χ4v) is 6.25. The van der Waals surface area contributed by atoms with Crippen molar-refractivity contribution in [2.45, 2.75) is 17.1 Å². The lowest BCUT2D eigenvalue weighted by Gasteiger charge is -2.18. The van der Waals surface area contributed by atoms with Gasteiger partial charge in [-0.1, -0.05) is 97.1 Å². The molecule has 0 spiro atoms. The zero-order valence-corrected chi connectivity index (χ0v) is 28.6. The molecule has 51 heavy (non-hydrogen) atoms. The minimum atomic E-state index is -0.598. The van der Waals surface area contributed by atoms with Gasteiger partial charge in [-0.2, -0.15) is 0 Å². The van der Waals surface area contributed by atoms with Gasteiger partial charge >= 0.3 is 0 Å². The molecular formula is C43H35N3O4S. The molecule has 0 aliphatic heterocycles. The number of anilines is 2. The first-order chi connectivity index (χ1) is 24.9. The maximum absolute atomic E-state index is 13.8. The number of thioether (sulfide) groups is 1. The fourth-order valence-electron chi connectivity index (χ4n) is 5.17. The van der Waals surface area contributed by atoms with Crippen molar-refractivity contribution in [3.63, 3.8) is 0 Å². The van der Waals surface area contributed by atoms with E-state index in [-0.39, 0.29) is 11.6 Å². The van der Waals surface area contributed by atoms with E-state index in [0.717, 1.165) is 27.3 Å². The molecule has 0 aliphatic rings. The third kappa shape index (κ3) is 9.62. The van der Waals surface area contributed by atoms with Gasteiger partial charge in [-0.15, -0.1) is 11.8 Å². The molecule has 0 fully saturated rings. The Balaban J connectivity index is 1.19. The van der Waals surface area contributed by atoms with Crippen LogP contribution in [0.2, 0.25) is 0 Å². The number of carbonyl (C=O) groups is 3. The van der Waals surface area contributed by atoms with Crippen LogP contribution in [-0.4, -0.2) is 17.7 Å². The Morgan fingerprint density at radius 1 is 0.627 bits per heavy atom. The van der Waals surface area contributed by atoms with Crippen molar-refractivity contribution in [1.29, 1.82) is 0 Å². The third-order valence-corrected chi connectivity index (χ3v) is 9.05. The third-order valence-electron chi connectivity index (χ3n) is 7.80. The average molecular weight is 690 g/mol. The van der Waals surface area contributed by atoms with Gasteiger partial charge in [-0.25, -0.2) is 0 Å². The van der Waals surface area contributed by atoms with E-state index in [1.165, 1.54) is 11.8 Å². The predicted molar refractivity (Wildman–Crippen MR) is 205 cm³/mol. The summed E-state index contributed by atoms with van der Waals surface area (Å²) in [6.45, 7) is 1.94. The van der Waals surface area contributed by atoms with E-state index in [4.69, 9.17) is 4.74 Å². The molecule has 0 saturated heterocycles. The van der Waals surface area contributed by atoms with E-state index in [1.807, 2.05) is 128 Å². The van der Waals surface area contributed by atoms with Crippen molar-refractivity contribution in [1.82, 2.24) is 5.32 Å². The van der Waals surface area contributed by atoms with Gasteiger partial charge < -0.3 is 20.7 Å². The Morgan fingerprint density at radius 2 is 1.25 bits per heavy atom. The van der Waals surface area contributed by atoms with Crippen LogP contribution in [0.15, 0.2) is 174 Å². The molecule has 0 aromatic heterocycles. The SMILES string of the molecule is Cc1ccccc1/C=C(\NC(=O)c1ccccc1)C(=O)Nc1cccc(SC(C(=O)Nc2ccc(Oc3ccccc3)cc2)c2ccccc2)c1. The highest BCUT2D eigenvalue weighted by molar-refractivity contribution is 8.00. The molecule has 1 unspecified atom stereocenters. The quantitative estimate of drug-likeness (QED) is 0.0879. The van der Waals surface area contributed by atoms with Crippen LogP contribution < -0.4 is 20.7 Å². The van der Waals surface area contributed by atoms with Crippen molar-refractivity contribution in [2.75, 3.05) is 10.6 Å². The van der Waals surface area contributed by atoms with Crippen LogP contribution in [0.5, 0.6) is 11.5 Å². The minimum Gasteiger partial charge on any atom is -0.457 e. The number of hydrogen-bond acceptors (Lipinski definition) is 5. The molecular weight excluding hydrogens is 655 g/mol. The standard InChI is InChI=1S/C43H35N3O4S/c1-30-14-11-12-19-33(30)28-39(46-41(47)32-17-7-3-8-18-32)42(48)45-35-20-13-23-38(29-35)51-40(31-15-5-2-6-16-31)43(49)44-34-24-26-37(27-25-34)50-36-21-9-4-10-22-36/h2-29,40H,1H3,(H,44,49)(H,45,48)(H,46,47)/b39-28-. The summed E-state index contributed by atoms with van der Waals surface area (Å²) in [7, 11) is 0. The molecule has 3 N–H and O–H groups in total. The van der Waals surface area contributed by atoms with Crippen LogP contribution >= 0.6 is 11.8 Å². The largest absolute Gasteiger partial charge is 0.457 e. The molecule has 8 heteroatoms. The Labute approximate surface area is 301 Å². The van der Waals surface area contributed by atoms with E-state index in [1.54, 1.807) is 48.5 Å². The van der Waals surface area contributed by atoms with Gasteiger partial charge in [0.05, 0.1) is 0 Å². The minimum absolute atomic E-state index is 0.0953. The number of rotatable bonds is 12. The van der Waals surface area contributed by atoms with Gasteiger partial charge in [0.15, 0.2) is 0 Å². The first-order valence-electron chi connectivity index (χ1n) is 16.3. The fraction of sp³-hybridized carbons (Fsp3) is 0.0465. The van der Waals surface area contributed by atoms with Gasteiger partial charge in [0, 0.05) is 21.8 Å². The lowest BCUT2D eigenvalue weighted by atomic mass is 10.1. The van der Waals surface area contributed by atoms with E-state index in [9.17, 15) is 14.4 Å². The van der Waals surface area contributed by atoms with Crippen LogP contribution in [0.3, 0.4) is 0 Å². The number of para-hydroxylation sites is 1. The number of aryl methyl sites for hydroxylation is 1. The molecule has 0 heterocycles. The van der Waals surface area contributed by atoms with Gasteiger partial charge in [0.2, 0.25) is 5.91 Å². The second kappa shape index (κ2) is 16.8. The average Bonchev–Trinajstić information content (AvgIpc) is 3.16. The topological polar surface area (TPSA) is 96.5 Å². The van der Waals surface area contributed by atoms with E-state index >= 15 is 0 Å². The first kappa shape index (κ1) is 34.5. The van der Waals surface area contributed by atoms with E-state index < -0.39 is 17.1 Å². The van der Waals surface area contributed by atoms with Gasteiger partial charge in [-0.3, -0.25) is 14.4 Å². The Kier molecular flexibility index (Phi) is 11.4. The van der Waals surface area contributed by atoms with Crippen LogP contribution in [-0.2, 0) is 9.59 Å². The van der Waals surface area contributed by atoms with Crippen molar-refractivity contribution < 1.29 is 19.1 Å². The van der Waals surface area contributed by atoms with E-state index in [2.05, 4.69) is 16.0 Å². The lowest BCUT2D eigenvalue weighted by Crippen LogP contribution is -2.30. The summed E-state index contributed by atoms with van der Waals surface area (Å²) in [4.78, 5) is 41.4. The van der Waals surface area contributed by atoms with Gasteiger partial charge in [0.1, 0.15) is 22.4 Å². The van der Waals surface area contributed by atoms with Crippen molar-refractivity contribution >= 4 is 46.9 Å². The molecule has 0 bridgehead atoms. The molecule has 6 rings (SSSR count). The maximum Gasteiger partial charge on any atom is 0.272 e. The Morgan fingerprint density at radius 3 is 1.96 bits per heavy atom. The highest BCUT2D eigenvalue weighted by atomic mass is 32.2. The molecule has 1 atom stereocenters. The smallest absolute Gasteiger partial charge is 0.272 e. The predicted octanol–water partition coefficient (Wildman–Crippen LogP) is 9.67. The molecule has 7 nitrogen and oxygen atoms in total. The first-order valence-corrected chi connectivity index (χ1v) is 17.2. The Hall–Kier alpha value is -6.38. The van der Waals surface area contributed by atoms with Crippen molar-refractivity contribution in [2.24, 2.45) is 0 Å². The molecule has 0 radical (unpaired) electrons. The van der Waals surface area contributed by atoms with Crippen LogP contribution in [0, 0.1) is 6.92 Å². The second-order valence-corrected chi connectivity index (χ2v) is 12.7. The van der Waals surface area contributed by atoms with Gasteiger partial charge in [-0.05, 0) is 96.4 Å². The molecule has 0 aliphatic carbocycles. The molecule has 3 amide bonds. The molecule has 6 aromatic carbocycles. The van der Waals surface area contributed by atoms with Crippen molar-refractivity contribution in [3.8, 4) is 11.5 Å². The van der Waals surface area contributed by atoms with Crippen molar-refractivity contribution in [3.05, 3.63) is 192 Å². The number of carbonyl (C=O) groups excluding carboxylic acids is 3. The zero-order chi connectivity index (χ0) is 35.4. The zero-order valence-electron chi connectivity index (χ0n) is 27.8. The summed E-state index contributed by atoms with van der Waals surface area (Å²) in [6, 6.07) is 49.9. The number of benzene rings is 6. The number of amides is 3. The summed E-state index contributed by atoms with van der Waals surface area (Å²) in [6.07, 6.45) is 1.67. The lowest BCUT2D eigenvalue weighted by molar-refractivity contribution is -0.116. The molecule has 6 aromatic rings. The number of ether oxygens (including phenoxy) is 1.